The molecule has 2 nitrogen and oxygen atoms in total. The van der Waals surface area contributed by atoms with Gasteiger partial charge in [-0.25, -0.2) is 0 Å². The van der Waals surface area contributed by atoms with E-state index in [-0.39, 0.29) is 0 Å². The zero-order valence-corrected chi connectivity index (χ0v) is 9.95. The van der Waals surface area contributed by atoms with E-state index < -0.39 is 0 Å². The van der Waals surface area contributed by atoms with Gasteiger partial charge in [-0.2, -0.15) is 4.57 Å². The van der Waals surface area contributed by atoms with Crippen LogP contribution in [0, 0.1) is 0 Å². The van der Waals surface area contributed by atoms with Crippen molar-refractivity contribution in [1.82, 2.24) is 0 Å². The highest BCUT2D eigenvalue weighted by molar-refractivity contribution is 4.48. The molecule has 1 rings (SSSR count). The lowest BCUT2D eigenvalue weighted by Crippen LogP contribution is -2.29. The lowest BCUT2D eigenvalue weighted by Gasteiger charge is -1.99. The normalized spacial score (nSPS) is 10.7. The van der Waals surface area contributed by atoms with Gasteiger partial charge in [0.2, 0.25) is 6.20 Å². The Kier molecular flexibility index (Phi) is 6.97. The highest BCUT2D eigenvalue weighted by atomic mass is 16.3. The minimum atomic E-state index is 1.10. The maximum absolute atomic E-state index is 5.00. The van der Waals surface area contributed by atoms with E-state index in [9.17, 15) is 0 Å². The lowest BCUT2D eigenvalue weighted by atomic mass is 10.1. The first-order valence-electron chi connectivity index (χ1n) is 6.34. The highest BCUT2D eigenvalue weighted by Crippen LogP contribution is 2.08. The summed E-state index contributed by atoms with van der Waals surface area (Å²) in [6, 6.07) is 0. The van der Waals surface area contributed by atoms with Gasteiger partial charge in [0.15, 0.2) is 12.8 Å². The summed E-state index contributed by atoms with van der Waals surface area (Å²) >= 11 is 0. The zero-order valence-electron chi connectivity index (χ0n) is 9.95. The summed E-state index contributed by atoms with van der Waals surface area (Å²) in [5.74, 6) is 0. The van der Waals surface area contributed by atoms with Crippen LogP contribution >= 0.6 is 0 Å². The van der Waals surface area contributed by atoms with Crippen molar-refractivity contribution in [2.24, 2.45) is 0 Å². The SMILES string of the molecule is CCCCCCCCCC[n+]1ccoc1. The highest BCUT2D eigenvalue weighted by Gasteiger charge is 1.99. The fourth-order valence-corrected chi connectivity index (χ4v) is 1.82. The Hall–Kier alpha value is -0.790. The molecule has 0 spiro atoms. The van der Waals surface area contributed by atoms with Crippen molar-refractivity contribution in [3.05, 3.63) is 18.9 Å². The van der Waals surface area contributed by atoms with Crippen LogP contribution in [0.15, 0.2) is 23.3 Å². The number of hydrogen-bond donors (Lipinski definition) is 0. The van der Waals surface area contributed by atoms with Gasteiger partial charge >= 0.3 is 6.39 Å². The largest absolute Gasteiger partial charge is 0.412 e. The molecule has 1 aromatic heterocycles. The summed E-state index contributed by atoms with van der Waals surface area (Å²) in [6.45, 7) is 3.37. The fourth-order valence-electron chi connectivity index (χ4n) is 1.82. The first-order valence-corrected chi connectivity index (χ1v) is 6.34. The average molecular weight is 210 g/mol. The molecule has 0 unspecified atom stereocenters. The Balaban J connectivity index is 1.81. The minimum Gasteiger partial charge on any atom is -0.412 e. The summed E-state index contributed by atoms with van der Waals surface area (Å²) in [4.78, 5) is 0. The number of hydrogen-bond acceptors (Lipinski definition) is 1. The molecule has 0 saturated heterocycles. The first kappa shape index (κ1) is 12.3. The van der Waals surface area contributed by atoms with Crippen LogP contribution in [-0.2, 0) is 6.54 Å². The number of rotatable bonds is 9. The molecule has 0 amide bonds. The van der Waals surface area contributed by atoms with Crippen LogP contribution in [0.4, 0.5) is 0 Å². The lowest BCUT2D eigenvalue weighted by molar-refractivity contribution is -0.700. The maximum atomic E-state index is 5.00. The van der Waals surface area contributed by atoms with Crippen molar-refractivity contribution >= 4 is 0 Å². The molecule has 1 aromatic rings. The molecule has 0 N–H and O–H groups in total. The van der Waals surface area contributed by atoms with Gasteiger partial charge in [0.1, 0.15) is 0 Å². The summed E-state index contributed by atoms with van der Waals surface area (Å²) in [7, 11) is 0. The predicted octanol–water partition coefficient (Wildman–Crippen LogP) is 3.71. The van der Waals surface area contributed by atoms with Crippen LogP contribution in [0.1, 0.15) is 58.3 Å². The Labute approximate surface area is 93.3 Å². The molecule has 0 aliphatic rings. The van der Waals surface area contributed by atoms with Crippen molar-refractivity contribution in [1.29, 1.82) is 0 Å². The fraction of sp³-hybridized carbons (Fsp3) is 0.769. The molecular weight excluding hydrogens is 186 g/mol. The topological polar surface area (TPSA) is 17.0 Å². The van der Waals surface area contributed by atoms with Crippen molar-refractivity contribution < 1.29 is 8.98 Å². The van der Waals surface area contributed by atoms with Gasteiger partial charge in [0.05, 0.1) is 0 Å². The minimum absolute atomic E-state index is 1.10. The van der Waals surface area contributed by atoms with E-state index in [2.05, 4.69) is 11.5 Å². The number of nitrogens with zero attached hydrogens (tertiary/aromatic N) is 1. The van der Waals surface area contributed by atoms with Gasteiger partial charge < -0.3 is 4.42 Å². The molecule has 86 valence electrons. The van der Waals surface area contributed by atoms with Crippen molar-refractivity contribution in [2.75, 3.05) is 0 Å². The second-order valence-electron chi connectivity index (χ2n) is 4.24. The van der Waals surface area contributed by atoms with Gasteiger partial charge in [0.25, 0.3) is 0 Å². The summed E-state index contributed by atoms with van der Waals surface area (Å²) in [6.07, 6.45) is 16.5. The number of aryl methyl sites for hydroxylation is 1. The van der Waals surface area contributed by atoms with Crippen molar-refractivity contribution in [3.63, 3.8) is 0 Å². The maximum Gasteiger partial charge on any atom is 0.334 e. The number of aromatic nitrogens is 1. The second-order valence-corrected chi connectivity index (χ2v) is 4.24. The van der Waals surface area contributed by atoms with Gasteiger partial charge in [-0.15, -0.1) is 0 Å². The third-order valence-corrected chi connectivity index (χ3v) is 2.80. The van der Waals surface area contributed by atoms with Gasteiger partial charge in [-0.3, -0.25) is 0 Å². The van der Waals surface area contributed by atoms with E-state index in [1.165, 1.54) is 51.4 Å². The van der Waals surface area contributed by atoms with E-state index in [0.29, 0.717) is 0 Å². The standard InChI is InChI=1S/C13H24NO/c1-2-3-4-5-6-7-8-9-10-14-11-12-15-13-14/h11-13H,2-10H2,1H3/q+1. The van der Waals surface area contributed by atoms with Gasteiger partial charge in [0, 0.05) is 6.42 Å². The van der Waals surface area contributed by atoms with Crippen LogP contribution in [0.5, 0.6) is 0 Å². The predicted molar refractivity (Wildman–Crippen MR) is 61.5 cm³/mol. The molecule has 15 heavy (non-hydrogen) atoms. The summed E-state index contributed by atoms with van der Waals surface area (Å²) in [5.41, 5.74) is 0. The molecule has 0 atom stereocenters. The molecule has 0 aliphatic carbocycles. The van der Waals surface area contributed by atoms with Crippen LogP contribution in [-0.4, -0.2) is 0 Å². The van der Waals surface area contributed by atoms with Crippen LogP contribution in [0.25, 0.3) is 0 Å². The molecule has 0 radical (unpaired) electrons. The Bertz CT molecular complexity index is 218. The first-order chi connectivity index (χ1) is 7.43. The molecule has 2 heteroatoms. The van der Waals surface area contributed by atoms with E-state index in [0.717, 1.165) is 6.54 Å². The van der Waals surface area contributed by atoms with E-state index >= 15 is 0 Å². The van der Waals surface area contributed by atoms with E-state index in [1.807, 2.05) is 6.20 Å². The number of oxazole rings is 1. The third kappa shape index (κ3) is 6.32. The van der Waals surface area contributed by atoms with Crippen LogP contribution < -0.4 is 4.57 Å². The van der Waals surface area contributed by atoms with Crippen molar-refractivity contribution in [2.45, 2.75) is 64.8 Å². The van der Waals surface area contributed by atoms with Crippen molar-refractivity contribution in [3.8, 4) is 0 Å². The Morgan fingerprint density at radius 2 is 1.60 bits per heavy atom. The quantitative estimate of drug-likeness (QED) is 0.448. The van der Waals surface area contributed by atoms with Gasteiger partial charge in [-0.05, 0) is 6.42 Å². The monoisotopic (exact) mass is 210 g/mol. The molecule has 0 fully saturated rings. The number of unbranched alkanes of at least 4 members (excludes halogenated alkanes) is 7. The zero-order chi connectivity index (χ0) is 10.8. The smallest absolute Gasteiger partial charge is 0.334 e. The molecule has 0 aromatic carbocycles. The Morgan fingerprint density at radius 3 is 2.20 bits per heavy atom. The van der Waals surface area contributed by atoms with Crippen LogP contribution in [0.3, 0.4) is 0 Å². The second kappa shape index (κ2) is 8.51. The molecule has 1 heterocycles. The van der Waals surface area contributed by atoms with E-state index in [1.54, 1.807) is 12.7 Å². The summed E-state index contributed by atoms with van der Waals surface area (Å²) in [5, 5.41) is 0. The molecule has 0 bridgehead atoms. The summed E-state index contributed by atoms with van der Waals surface area (Å²) < 4.78 is 7.11. The molecular formula is C13H24NO+. The van der Waals surface area contributed by atoms with Gasteiger partial charge in [-0.1, -0.05) is 45.4 Å². The average Bonchev–Trinajstić information content (AvgIpc) is 2.75. The van der Waals surface area contributed by atoms with Crippen LogP contribution in [0.2, 0.25) is 0 Å². The van der Waals surface area contributed by atoms with E-state index in [4.69, 9.17) is 4.42 Å². The Morgan fingerprint density at radius 1 is 0.933 bits per heavy atom. The third-order valence-electron chi connectivity index (χ3n) is 2.80. The molecule has 0 saturated carbocycles. The molecule has 0 aliphatic heterocycles.